The van der Waals surface area contributed by atoms with Crippen LogP contribution in [0.15, 0.2) is 52.6 Å². The van der Waals surface area contributed by atoms with Gasteiger partial charge in [-0.2, -0.15) is 0 Å². The first-order valence-corrected chi connectivity index (χ1v) is 11.1. The van der Waals surface area contributed by atoms with E-state index in [1.807, 2.05) is 0 Å². The molecule has 0 unspecified atom stereocenters. The molecule has 0 aliphatic heterocycles. The third kappa shape index (κ3) is 6.24. The Balaban J connectivity index is 1.73. The molecule has 3 N–H and O–H groups in total. The summed E-state index contributed by atoms with van der Waals surface area (Å²) in [5.41, 5.74) is 1.82. The van der Waals surface area contributed by atoms with E-state index in [0.29, 0.717) is 20.6 Å². The molecule has 1 aromatic heterocycles. The lowest BCUT2D eigenvalue weighted by Gasteiger charge is -2.11. The van der Waals surface area contributed by atoms with Crippen LogP contribution in [0.5, 0.6) is 5.75 Å². The molecule has 2 aromatic carbocycles. The lowest BCUT2D eigenvalue weighted by atomic mass is 10.1. The maximum absolute atomic E-state index is 12.8. The van der Waals surface area contributed by atoms with Crippen LogP contribution in [0.25, 0.3) is 6.08 Å². The Morgan fingerprint density at radius 1 is 1.18 bits per heavy atom. The summed E-state index contributed by atoms with van der Waals surface area (Å²) in [6, 6.07) is 11.0. The number of esters is 1. The van der Waals surface area contributed by atoms with Gasteiger partial charge >= 0.3 is 5.97 Å². The molecule has 170 valence electrons. The van der Waals surface area contributed by atoms with Gasteiger partial charge in [0.2, 0.25) is 0 Å². The third-order valence-corrected chi connectivity index (χ3v) is 5.88. The van der Waals surface area contributed by atoms with E-state index < -0.39 is 11.9 Å². The number of carbonyl (C=O) groups excluding carboxylic acids is 3. The van der Waals surface area contributed by atoms with Crippen molar-refractivity contribution in [1.29, 1.82) is 0 Å². The maximum atomic E-state index is 12.8. The average molecular weight is 531 g/mol. The van der Waals surface area contributed by atoms with Crippen molar-refractivity contribution in [3.8, 4) is 5.75 Å². The molecule has 0 aliphatic carbocycles. The van der Waals surface area contributed by atoms with Crippen LogP contribution in [-0.2, 0) is 16.1 Å². The van der Waals surface area contributed by atoms with Gasteiger partial charge in [-0.15, -0.1) is 5.10 Å². The fourth-order valence-electron chi connectivity index (χ4n) is 2.74. The SMILES string of the molecule is COC(=O)/C(=C/c1snnc1C)NC(=O)c1ccc(C(=O)NCc2cccc(O)c2)cc1Br. The van der Waals surface area contributed by atoms with Gasteiger partial charge in [-0.1, -0.05) is 16.6 Å². The summed E-state index contributed by atoms with van der Waals surface area (Å²) in [5.74, 6) is -1.54. The van der Waals surface area contributed by atoms with E-state index in [0.717, 1.165) is 17.1 Å². The quantitative estimate of drug-likeness (QED) is 0.315. The predicted molar refractivity (Wildman–Crippen MR) is 126 cm³/mol. The van der Waals surface area contributed by atoms with Crippen LogP contribution in [0.1, 0.15) is 36.9 Å². The fourth-order valence-corrected chi connectivity index (χ4v) is 3.89. The number of phenolic OH excluding ortho intramolecular Hbond substituents is 1. The summed E-state index contributed by atoms with van der Waals surface area (Å²) in [6.45, 7) is 1.96. The highest BCUT2D eigenvalue weighted by molar-refractivity contribution is 9.10. The van der Waals surface area contributed by atoms with E-state index in [9.17, 15) is 19.5 Å². The zero-order valence-corrected chi connectivity index (χ0v) is 20.0. The molecule has 33 heavy (non-hydrogen) atoms. The number of ether oxygens (including phenoxy) is 1. The Morgan fingerprint density at radius 3 is 2.61 bits per heavy atom. The van der Waals surface area contributed by atoms with Gasteiger partial charge in [0, 0.05) is 16.6 Å². The van der Waals surface area contributed by atoms with E-state index in [1.54, 1.807) is 31.2 Å². The predicted octanol–water partition coefficient (Wildman–Crippen LogP) is 3.19. The van der Waals surface area contributed by atoms with E-state index in [-0.39, 0.29) is 29.5 Å². The monoisotopic (exact) mass is 530 g/mol. The van der Waals surface area contributed by atoms with Gasteiger partial charge in [-0.25, -0.2) is 4.79 Å². The maximum Gasteiger partial charge on any atom is 0.354 e. The second-order valence-corrected chi connectivity index (χ2v) is 8.41. The molecule has 2 amide bonds. The average Bonchev–Trinajstić information content (AvgIpc) is 3.20. The molecule has 0 saturated carbocycles. The molecule has 0 radical (unpaired) electrons. The molecule has 9 nitrogen and oxygen atoms in total. The molecular formula is C22H19BrN4O5S. The minimum atomic E-state index is -0.727. The summed E-state index contributed by atoms with van der Waals surface area (Å²) in [5, 5.41) is 18.7. The van der Waals surface area contributed by atoms with Gasteiger partial charge in [-0.3, -0.25) is 9.59 Å². The van der Waals surface area contributed by atoms with Gasteiger partial charge in [0.15, 0.2) is 0 Å². The smallest absolute Gasteiger partial charge is 0.354 e. The summed E-state index contributed by atoms with van der Waals surface area (Å²) in [6.07, 6.45) is 1.45. The van der Waals surface area contributed by atoms with Gasteiger partial charge < -0.3 is 20.5 Å². The van der Waals surface area contributed by atoms with Crippen molar-refractivity contribution in [2.24, 2.45) is 0 Å². The minimum absolute atomic E-state index is 0.0727. The number of halogens is 1. The van der Waals surface area contributed by atoms with Crippen LogP contribution in [-0.4, -0.2) is 39.6 Å². The number of carbonyl (C=O) groups is 3. The molecular weight excluding hydrogens is 512 g/mol. The number of hydrogen-bond donors (Lipinski definition) is 3. The first-order valence-electron chi connectivity index (χ1n) is 9.54. The number of benzene rings is 2. The Kier molecular flexibility index (Phi) is 7.91. The summed E-state index contributed by atoms with van der Waals surface area (Å²) in [4.78, 5) is 38.0. The Labute approximate surface area is 201 Å². The second kappa shape index (κ2) is 10.8. The Hall–Kier alpha value is -3.57. The number of aromatic nitrogens is 2. The van der Waals surface area contributed by atoms with Crippen LogP contribution >= 0.6 is 27.5 Å². The van der Waals surface area contributed by atoms with E-state index in [4.69, 9.17) is 4.74 Å². The van der Waals surface area contributed by atoms with Crippen LogP contribution in [0.2, 0.25) is 0 Å². The molecule has 3 aromatic rings. The number of aryl methyl sites for hydroxylation is 1. The number of phenols is 1. The number of methoxy groups -OCH3 is 1. The fraction of sp³-hybridized carbons (Fsp3) is 0.136. The number of aromatic hydroxyl groups is 1. The second-order valence-electron chi connectivity index (χ2n) is 6.77. The number of nitrogens with one attached hydrogen (secondary N) is 2. The number of nitrogens with zero attached hydrogens (tertiary/aromatic N) is 2. The third-order valence-electron chi connectivity index (χ3n) is 4.46. The largest absolute Gasteiger partial charge is 0.508 e. The van der Waals surface area contributed by atoms with Crippen LogP contribution in [0.4, 0.5) is 0 Å². The van der Waals surface area contributed by atoms with E-state index in [1.165, 1.54) is 31.4 Å². The molecule has 11 heteroatoms. The van der Waals surface area contributed by atoms with Crippen molar-refractivity contribution in [1.82, 2.24) is 20.2 Å². The number of amides is 2. The first kappa shape index (κ1) is 24.1. The number of hydrogen-bond acceptors (Lipinski definition) is 8. The van der Waals surface area contributed by atoms with Crippen molar-refractivity contribution >= 4 is 51.3 Å². The van der Waals surface area contributed by atoms with Crippen molar-refractivity contribution in [2.45, 2.75) is 13.5 Å². The lowest BCUT2D eigenvalue weighted by Crippen LogP contribution is -2.28. The summed E-state index contributed by atoms with van der Waals surface area (Å²) < 4.78 is 8.92. The Bertz CT molecular complexity index is 1240. The molecule has 3 rings (SSSR count). The van der Waals surface area contributed by atoms with Gasteiger partial charge in [0.1, 0.15) is 11.4 Å². The zero-order valence-electron chi connectivity index (χ0n) is 17.6. The van der Waals surface area contributed by atoms with Crippen molar-refractivity contribution < 1.29 is 24.2 Å². The van der Waals surface area contributed by atoms with Crippen LogP contribution in [0, 0.1) is 6.92 Å². The van der Waals surface area contributed by atoms with Crippen molar-refractivity contribution in [3.05, 3.63) is 79.9 Å². The lowest BCUT2D eigenvalue weighted by molar-refractivity contribution is -0.136. The highest BCUT2D eigenvalue weighted by Gasteiger charge is 2.19. The van der Waals surface area contributed by atoms with E-state index in [2.05, 4.69) is 36.2 Å². The standard InChI is InChI=1S/C22H19BrN4O5S/c1-12-19(33-27-26-12)10-18(22(31)32-2)25-21(30)16-7-6-14(9-17(16)23)20(29)24-11-13-4-3-5-15(28)8-13/h3-10,28H,11H2,1-2H3,(H,24,29)(H,25,30)/b18-10-. The molecule has 0 saturated heterocycles. The molecule has 1 heterocycles. The normalized spacial score (nSPS) is 11.1. The van der Waals surface area contributed by atoms with Gasteiger partial charge in [0.05, 0.1) is 23.2 Å². The molecule has 0 atom stereocenters. The molecule has 0 bridgehead atoms. The Morgan fingerprint density at radius 2 is 1.97 bits per heavy atom. The summed E-state index contributed by atoms with van der Waals surface area (Å²) in [7, 11) is 1.21. The molecule has 0 fully saturated rings. The highest BCUT2D eigenvalue weighted by Crippen LogP contribution is 2.20. The van der Waals surface area contributed by atoms with Gasteiger partial charge in [0.25, 0.3) is 11.8 Å². The highest BCUT2D eigenvalue weighted by atomic mass is 79.9. The van der Waals surface area contributed by atoms with E-state index >= 15 is 0 Å². The summed E-state index contributed by atoms with van der Waals surface area (Å²) >= 11 is 4.39. The van der Waals surface area contributed by atoms with Crippen LogP contribution in [0.3, 0.4) is 0 Å². The molecule has 0 spiro atoms. The molecule has 0 aliphatic rings. The van der Waals surface area contributed by atoms with Crippen molar-refractivity contribution in [3.63, 3.8) is 0 Å². The zero-order chi connectivity index (χ0) is 24.0. The number of rotatable bonds is 7. The van der Waals surface area contributed by atoms with Crippen molar-refractivity contribution in [2.75, 3.05) is 7.11 Å². The topological polar surface area (TPSA) is 131 Å². The minimum Gasteiger partial charge on any atom is -0.508 e. The van der Waals surface area contributed by atoms with Gasteiger partial charge in [-0.05, 0) is 76.4 Å². The first-order chi connectivity index (χ1) is 15.8. The van der Waals surface area contributed by atoms with Crippen LogP contribution < -0.4 is 10.6 Å².